The van der Waals surface area contributed by atoms with Gasteiger partial charge in [-0.2, -0.15) is 0 Å². The number of rotatable bonds is 4. The van der Waals surface area contributed by atoms with Gasteiger partial charge in [-0.05, 0) is 31.1 Å². The molecule has 4 heteroatoms. The summed E-state index contributed by atoms with van der Waals surface area (Å²) in [6, 6.07) is 0. The van der Waals surface area contributed by atoms with Gasteiger partial charge in [-0.25, -0.2) is 0 Å². The number of carbonyl (C=O) groups is 2. The lowest BCUT2D eigenvalue weighted by Crippen LogP contribution is -2.21. The van der Waals surface area contributed by atoms with Crippen molar-refractivity contribution in [3.63, 3.8) is 0 Å². The first-order valence-corrected chi connectivity index (χ1v) is 5.79. The molecule has 1 aliphatic rings. The highest BCUT2D eigenvalue weighted by molar-refractivity contribution is 5.70. The largest absolute Gasteiger partial charge is 0.469 e. The molecule has 1 fully saturated rings. The quantitative estimate of drug-likeness (QED) is 0.690. The Morgan fingerprint density at radius 2 is 1.44 bits per heavy atom. The van der Waals surface area contributed by atoms with E-state index < -0.39 is 0 Å². The molecular weight excluding hydrogens is 208 g/mol. The van der Waals surface area contributed by atoms with Crippen molar-refractivity contribution in [1.82, 2.24) is 0 Å². The fourth-order valence-corrected chi connectivity index (χ4v) is 2.41. The van der Waals surface area contributed by atoms with Gasteiger partial charge in [0.15, 0.2) is 0 Å². The number of methoxy groups -OCH3 is 2. The Morgan fingerprint density at radius 3 is 1.81 bits per heavy atom. The van der Waals surface area contributed by atoms with Gasteiger partial charge >= 0.3 is 11.9 Å². The van der Waals surface area contributed by atoms with Gasteiger partial charge in [0, 0.05) is 12.8 Å². The molecule has 1 saturated carbocycles. The van der Waals surface area contributed by atoms with Crippen LogP contribution in [-0.4, -0.2) is 26.2 Å². The predicted molar refractivity (Wildman–Crippen MR) is 58.7 cm³/mol. The minimum atomic E-state index is -0.149. The molecule has 0 aliphatic heterocycles. The third kappa shape index (κ3) is 4.21. The van der Waals surface area contributed by atoms with Gasteiger partial charge < -0.3 is 9.47 Å². The summed E-state index contributed by atoms with van der Waals surface area (Å²) in [6.45, 7) is 0. The minimum Gasteiger partial charge on any atom is -0.469 e. The maximum absolute atomic E-state index is 11.2. The number of ether oxygens (including phenoxy) is 2. The van der Waals surface area contributed by atoms with Gasteiger partial charge in [-0.15, -0.1) is 0 Å². The Balaban J connectivity index is 2.35. The number of carbonyl (C=O) groups excluding carboxylic acids is 2. The second-order valence-corrected chi connectivity index (χ2v) is 4.46. The molecule has 0 amide bonds. The van der Waals surface area contributed by atoms with E-state index in [0.717, 1.165) is 25.7 Å². The second-order valence-electron chi connectivity index (χ2n) is 4.46. The first-order valence-electron chi connectivity index (χ1n) is 5.79. The maximum atomic E-state index is 11.2. The standard InChI is InChI=1S/C12H20O4/c1-15-11(13)7-9-4-3-5-10(6-9)8-12(14)16-2/h9-10H,3-8H2,1-2H3. The van der Waals surface area contributed by atoms with E-state index in [1.165, 1.54) is 14.2 Å². The van der Waals surface area contributed by atoms with E-state index in [0.29, 0.717) is 24.7 Å². The minimum absolute atomic E-state index is 0.149. The van der Waals surface area contributed by atoms with Crippen molar-refractivity contribution in [3.8, 4) is 0 Å². The number of hydrogen-bond acceptors (Lipinski definition) is 4. The van der Waals surface area contributed by atoms with E-state index >= 15 is 0 Å². The van der Waals surface area contributed by atoms with Gasteiger partial charge in [0.2, 0.25) is 0 Å². The highest BCUT2D eigenvalue weighted by atomic mass is 16.5. The predicted octanol–water partition coefficient (Wildman–Crippen LogP) is 1.92. The fourth-order valence-electron chi connectivity index (χ4n) is 2.41. The van der Waals surface area contributed by atoms with Crippen molar-refractivity contribution < 1.29 is 19.1 Å². The molecule has 2 atom stereocenters. The van der Waals surface area contributed by atoms with Gasteiger partial charge in [0.05, 0.1) is 14.2 Å². The van der Waals surface area contributed by atoms with Crippen molar-refractivity contribution in [2.24, 2.45) is 11.8 Å². The topological polar surface area (TPSA) is 52.6 Å². The summed E-state index contributed by atoms with van der Waals surface area (Å²) in [4.78, 5) is 22.3. The van der Waals surface area contributed by atoms with E-state index in [4.69, 9.17) is 0 Å². The van der Waals surface area contributed by atoms with Gasteiger partial charge in [-0.1, -0.05) is 6.42 Å². The van der Waals surface area contributed by atoms with E-state index in [2.05, 4.69) is 9.47 Å². The molecule has 0 aromatic heterocycles. The van der Waals surface area contributed by atoms with Crippen LogP contribution in [0.3, 0.4) is 0 Å². The first-order chi connectivity index (χ1) is 7.65. The molecule has 0 saturated heterocycles. The van der Waals surface area contributed by atoms with Crippen LogP contribution in [0.4, 0.5) is 0 Å². The molecule has 1 rings (SSSR count). The Hall–Kier alpha value is -1.06. The van der Waals surface area contributed by atoms with Gasteiger partial charge in [-0.3, -0.25) is 9.59 Å². The lowest BCUT2D eigenvalue weighted by atomic mass is 9.78. The van der Waals surface area contributed by atoms with Crippen molar-refractivity contribution in [1.29, 1.82) is 0 Å². The smallest absolute Gasteiger partial charge is 0.305 e. The van der Waals surface area contributed by atoms with Crippen LogP contribution < -0.4 is 0 Å². The highest BCUT2D eigenvalue weighted by Crippen LogP contribution is 2.33. The molecule has 92 valence electrons. The summed E-state index contributed by atoms with van der Waals surface area (Å²) in [6.07, 6.45) is 5.11. The Labute approximate surface area is 96.3 Å². The molecule has 16 heavy (non-hydrogen) atoms. The van der Waals surface area contributed by atoms with Crippen LogP contribution in [0.15, 0.2) is 0 Å². The maximum Gasteiger partial charge on any atom is 0.305 e. The van der Waals surface area contributed by atoms with Crippen LogP contribution in [0.25, 0.3) is 0 Å². The second kappa shape index (κ2) is 6.51. The Kier molecular flexibility index (Phi) is 5.29. The van der Waals surface area contributed by atoms with E-state index in [1.807, 2.05) is 0 Å². The zero-order valence-electron chi connectivity index (χ0n) is 10.0. The summed E-state index contributed by atoms with van der Waals surface area (Å²) in [5.74, 6) is 0.444. The van der Waals surface area contributed by atoms with Crippen LogP contribution in [0.2, 0.25) is 0 Å². The average molecular weight is 228 g/mol. The molecule has 0 bridgehead atoms. The van der Waals surface area contributed by atoms with Crippen LogP contribution in [0.1, 0.15) is 38.5 Å². The molecular formula is C12H20O4. The summed E-state index contributed by atoms with van der Waals surface area (Å²) >= 11 is 0. The molecule has 1 aliphatic carbocycles. The summed E-state index contributed by atoms with van der Waals surface area (Å²) in [7, 11) is 2.83. The summed E-state index contributed by atoms with van der Waals surface area (Å²) < 4.78 is 9.32. The van der Waals surface area contributed by atoms with Crippen molar-refractivity contribution in [3.05, 3.63) is 0 Å². The van der Waals surface area contributed by atoms with Crippen LogP contribution >= 0.6 is 0 Å². The van der Waals surface area contributed by atoms with Gasteiger partial charge in [0.1, 0.15) is 0 Å². The normalized spacial score (nSPS) is 24.9. The molecule has 0 radical (unpaired) electrons. The fraction of sp³-hybridized carbons (Fsp3) is 0.833. The zero-order chi connectivity index (χ0) is 12.0. The Morgan fingerprint density at radius 1 is 1.00 bits per heavy atom. The Bertz CT molecular complexity index is 225. The van der Waals surface area contributed by atoms with Crippen molar-refractivity contribution >= 4 is 11.9 Å². The van der Waals surface area contributed by atoms with Crippen LogP contribution in [0, 0.1) is 11.8 Å². The summed E-state index contributed by atoms with van der Waals surface area (Å²) in [5.41, 5.74) is 0. The van der Waals surface area contributed by atoms with E-state index in [9.17, 15) is 9.59 Å². The molecule has 0 heterocycles. The van der Waals surface area contributed by atoms with Crippen LogP contribution in [0.5, 0.6) is 0 Å². The monoisotopic (exact) mass is 228 g/mol. The zero-order valence-corrected chi connectivity index (χ0v) is 10.0. The lowest BCUT2D eigenvalue weighted by Gasteiger charge is -2.27. The molecule has 0 aromatic carbocycles. The third-order valence-corrected chi connectivity index (χ3v) is 3.26. The molecule has 0 spiro atoms. The highest BCUT2D eigenvalue weighted by Gasteiger charge is 2.25. The van der Waals surface area contributed by atoms with Crippen LogP contribution in [-0.2, 0) is 19.1 Å². The molecule has 0 aromatic rings. The molecule has 4 nitrogen and oxygen atoms in total. The summed E-state index contributed by atoms with van der Waals surface area (Å²) in [5, 5.41) is 0. The lowest BCUT2D eigenvalue weighted by molar-refractivity contribution is -0.142. The SMILES string of the molecule is COC(=O)CC1CCCC(CC(=O)OC)C1. The number of esters is 2. The van der Waals surface area contributed by atoms with Crippen molar-refractivity contribution in [2.75, 3.05) is 14.2 Å². The number of hydrogen-bond donors (Lipinski definition) is 0. The first kappa shape index (κ1) is 13.0. The molecule has 0 N–H and O–H groups in total. The van der Waals surface area contributed by atoms with Crippen molar-refractivity contribution in [2.45, 2.75) is 38.5 Å². The molecule has 2 unspecified atom stereocenters. The van der Waals surface area contributed by atoms with Gasteiger partial charge in [0.25, 0.3) is 0 Å². The van der Waals surface area contributed by atoms with E-state index in [-0.39, 0.29) is 11.9 Å². The average Bonchev–Trinajstić information content (AvgIpc) is 2.29. The van der Waals surface area contributed by atoms with E-state index in [1.54, 1.807) is 0 Å². The third-order valence-electron chi connectivity index (χ3n) is 3.26.